The highest BCUT2D eigenvalue weighted by atomic mass is 16.6. The van der Waals surface area contributed by atoms with Gasteiger partial charge in [-0.2, -0.15) is 5.26 Å². The second-order valence-corrected chi connectivity index (χ2v) is 3.78. The van der Waals surface area contributed by atoms with Gasteiger partial charge in [-0.3, -0.25) is 14.9 Å². The highest BCUT2D eigenvalue weighted by Crippen LogP contribution is 2.17. The lowest BCUT2D eigenvalue weighted by molar-refractivity contribution is -0.385. The maximum atomic E-state index is 10.6. The van der Waals surface area contributed by atoms with Crippen LogP contribution < -0.4 is 11.1 Å². The number of hydrogen-bond donors (Lipinski definition) is 2. The van der Waals surface area contributed by atoms with Crippen LogP contribution in [-0.2, 0) is 4.79 Å². The first-order valence-corrected chi connectivity index (χ1v) is 5.62. The molecular formula is C11H13N5O3. The molecule has 0 fully saturated rings. The van der Waals surface area contributed by atoms with Crippen LogP contribution in [0.25, 0.3) is 0 Å². The molecule has 0 aliphatic heterocycles. The third-order valence-corrected chi connectivity index (χ3v) is 2.33. The lowest BCUT2D eigenvalue weighted by Gasteiger charge is -2.05. The number of nitrogens with one attached hydrogen (secondary N) is 1. The summed E-state index contributed by atoms with van der Waals surface area (Å²) in [4.78, 5) is 24.3. The number of nitro groups is 1. The lowest BCUT2D eigenvalue weighted by atomic mass is 10.2. The average Bonchev–Trinajstić information content (AvgIpc) is 2.37. The zero-order valence-corrected chi connectivity index (χ0v) is 10.1. The summed E-state index contributed by atoms with van der Waals surface area (Å²) in [6.07, 6.45) is 1.68. The Morgan fingerprint density at radius 1 is 1.53 bits per heavy atom. The Balaban J connectivity index is 2.54. The van der Waals surface area contributed by atoms with E-state index >= 15 is 0 Å². The number of carbonyl (C=O) groups is 1. The number of carbonyl (C=O) groups excluding carboxylic acids is 1. The van der Waals surface area contributed by atoms with Gasteiger partial charge in [-0.05, 0) is 18.9 Å². The fourth-order valence-electron chi connectivity index (χ4n) is 1.42. The molecule has 100 valence electrons. The fourth-order valence-corrected chi connectivity index (χ4v) is 1.42. The Morgan fingerprint density at radius 2 is 2.26 bits per heavy atom. The maximum absolute atomic E-state index is 10.6. The van der Waals surface area contributed by atoms with Gasteiger partial charge in [-0.15, -0.1) is 0 Å². The van der Waals surface area contributed by atoms with Gasteiger partial charge in [0.15, 0.2) is 0 Å². The number of amides is 1. The molecular weight excluding hydrogens is 250 g/mol. The van der Waals surface area contributed by atoms with Crippen LogP contribution in [0.1, 0.15) is 25.0 Å². The van der Waals surface area contributed by atoms with Gasteiger partial charge in [0.1, 0.15) is 11.9 Å². The van der Waals surface area contributed by atoms with Crippen molar-refractivity contribution in [2.45, 2.75) is 19.3 Å². The third-order valence-electron chi connectivity index (χ3n) is 2.33. The molecule has 1 amide bonds. The van der Waals surface area contributed by atoms with E-state index in [9.17, 15) is 14.9 Å². The normalized spacial score (nSPS) is 9.63. The first-order valence-electron chi connectivity index (χ1n) is 5.62. The minimum absolute atomic E-state index is 0.230. The van der Waals surface area contributed by atoms with Crippen LogP contribution in [0.4, 0.5) is 11.5 Å². The number of unbranched alkanes of at least 4 members (excludes halogenated alkanes) is 1. The van der Waals surface area contributed by atoms with E-state index in [0.29, 0.717) is 31.6 Å². The molecule has 1 heterocycles. The number of rotatable bonds is 7. The average molecular weight is 263 g/mol. The largest absolute Gasteiger partial charge is 0.370 e. The quantitative estimate of drug-likeness (QED) is 0.426. The van der Waals surface area contributed by atoms with E-state index in [0.717, 1.165) is 0 Å². The van der Waals surface area contributed by atoms with Crippen molar-refractivity contribution < 1.29 is 9.72 Å². The summed E-state index contributed by atoms with van der Waals surface area (Å²) < 4.78 is 0. The van der Waals surface area contributed by atoms with E-state index in [1.54, 1.807) is 6.07 Å². The number of nitriles is 1. The van der Waals surface area contributed by atoms with E-state index in [2.05, 4.69) is 10.3 Å². The molecule has 1 aromatic rings. The summed E-state index contributed by atoms with van der Waals surface area (Å²) >= 11 is 0. The second-order valence-electron chi connectivity index (χ2n) is 3.78. The molecule has 0 saturated carbocycles. The molecule has 0 aliphatic carbocycles. The van der Waals surface area contributed by atoms with Gasteiger partial charge in [0.25, 0.3) is 0 Å². The minimum Gasteiger partial charge on any atom is -0.370 e. The van der Waals surface area contributed by atoms with Crippen molar-refractivity contribution in [1.29, 1.82) is 5.26 Å². The van der Waals surface area contributed by atoms with Crippen LogP contribution >= 0.6 is 0 Å². The van der Waals surface area contributed by atoms with Crippen molar-refractivity contribution in [2.24, 2.45) is 5.73 Å². The first-order chi connectivity index (χ1) is 9.04. The van der Waals surface area contributed by atoms with E-state index < -0.39 is 4.92 Å². The Kier molecular flexibility index (Phi) is 5.22. The van der Waals surface area contributed by atoms with Gasteiger partial charge in [-0.25, -0.2) is 4.98 Å². The maximum Gasteiger partial charge on any atom is 0.305 e. The summed E-state index contributed by atoms with van der Waals surface area (Å²) in [5.74, 6) is 0.0430. The van der Waals surface area contributed by atoms with Gasteiger partial charge in [0.05, 0.1) is 4.92 Å². The lowest BCUT2D eigenvalue weighted by Crippen LogP contribution is -2.11. The molecule has 8 heteroatoms. The van der Waals surface area contributed by atoms with Crippen LogP contribution in [0.2, 0.25) is 0 Å². The Labute approximate surface area is 109 Å². The van der Waals surface area contributed by atoms with Crippen molar-refractivity contribution in [3.63, 3.8) is 0 Å². The predicted molar refractivity (Wildman–Crippen MR) is 67.1 cm³/mol. The van der Waals surface area contributed by atoms with Gasteiger partial charge < -0.3 is 11.1 Å². The monoisotopic (exact) mass is 263 g/mol. The smallest absolute Gasteiger partial charge is 0.305 e. The number of hydrogen-bond acceptors (Lipinski definition) is 6. The summed E-state index contributed by atoms with van der Waals surface area (Å²) in [7, 11) is 0. The Morgan fingerprint density at radius 3 is 2.84 bits per heavy atom. The first kappa shape index (κ1) is 14.4. The van der Waals surface area contributed by atoms with Crippen LogP contribution in [0.15, 0.2) is 12.1 Å². The zero-order chi connectivity index (χ0) is 14.3. The fraction of sp³-hybridized carbons (Fsp3) is 0.364. The molecule has 0 aromatic carbocycles. The van der Waals surface area contributed by atoms with Crippen molar-refractivity contribution in [2.75, 3.05) is 11.9 Å². The number of primary amides is 1. The van der Waals surface area contributed by atoms with E-state index in [1.165, 1.54) is 12.1 Å². The SMILES string of the molecule is N#Cc1nc(NCCCCC(N)=O)ccc1[N+](=O)[O-]. The molecule has 0 unspecified atom stereocenters. The molecule has 0 spiro atoms. The van der Waals surface area contributed by atoms with Crippen molar-refractivity contribution >= 4 is 17.4 Å². The van der Waals surface area contributed by atoms with Crippen LogP contribution in [0.5, 0.6) is 0 Å². The number of nitrogens with zero attached hydrogens (tertiary/aromatic N) is 3. The summed E-state index contributed by atoms with van der Waals surface area (Å²) in [6, 6.07) is 4.35. The van der Waals surface area contributed by atoms with Crippen molar-refractivity contribution in [3.8, 4) is 6.07 Å². The topological polar surface area (TPSA) is 135 Å². The minimum atomic E-state index is -0.651. The van der Waals surface area contributed by atoms with Crippen molar-refractivity contribution in [3.05, 3.63) is 27.9 Å². The van der Waals surface area contributed by atoms with E-state index in [4.69, 9.17) is 11.0 Å². The van der Waals surface area contributed by atoms with Crippen LogP contribution in [-0.4, -0.2) is 22.4 Å². The predicted octanol–water partition coefficient (Wildman–Crippen LogP) is 0.929. The standard InChI is InChI=1S/C11H13N5O3/c12-7-8-9(16(18)19)4-5-11(15-8)14-6-2-1-3-10(13)17/h4-5H,1-3,6H2,(H2,13,17)(H,14,15). The Bertz CT molecular complexity index is 524. The van der Waals surface area contributed by atoms with Gasteiger partial charge in [0, 0.05) is 19.0 Å². The summed E-state index contributed by atoms with van der Waals surface area (Å²) in [5.41, 5.74) is 4.45. The molecule has 8 nitrogen and oxygen atoms in total. The molecule has 0 bridgehead atoms. The highest BCUT2D eigenvalue weighted by Gasteiger charge is 2.15. The Hall–Kier alpha value is -2.69. The molecule has 1 aromatic heterocycles. The summed E-state index contributed by atoms with van der Waals surface area (Å²) in [5, 5.41) is 22.3. The molecule has 1 rings (SSSR count). The number of nitrogens with two attached hydrogens (primary N) is 1. The zero-order valence-electron chi connectivity index (χ0n) is 10.1. The summed E-state index contributed by atoms with van der Waals surface area (Å²) in [6.45, 7) is 0.545. The second kappa shape index (κ2) is 6.90. The third kappa shape index (κ3) is 4.59. The van der Waals surface area contributed by atoms with Crippen LogP contribution in [0, 0.1) is 21.4 Å². The van der Waals surface area contributed by atoms with Crippen LogP contribution in [0.3, 0.4) is 0 Å². The van der Waals surface area contributed by atoms with Crippen molar-refractivity contribution in [1.82, 2.24) is 4.98 Å². The van der Waals surface area contributed by atoms with E-state index in [1.807, 2.05) is 0 Å². The number of aromatic nitrogens is 1. The molecule has 19 heavy (non-hydrogen) atoms. The highest BCUT2D eigenvalue weighted by molar-refractivity contribution is 5.73. The molecule has 0 saturated heterocycles. The van der Waals surface area contributed by atoms with E-state index in [-0.39, 0.29) is 17.3 Å². The number of pyridine rings is 1. The van der Waals surface area contributed by atoms with Gasteiger partial charge in [-0.1, -0.05) is 0 Å². The van der Waals surface area contributed by atoms with Gasteiger partial charge in [0.2, 0.25) is 11.6 Å². The molecule has 3 N–H and O–H groups in total. The number of anilines is 1. The molecule has 0 radical (unpaired) electrons. The molecule has 0 aliphatic rings. The van der Waals surface area contributed by atoms with Gasteiger partial charge >= 0.3 is 5.69 Å². The molecule has 0 atom stereocenters.